The van der Waals surface area contributed by atoms with E-state index in [1.807, 2.05) is 0 Å². The van der Waals surface area contributed by atoms with Crippen molar-refractivity contribution >= 4 is 0 Å². The summed E-state index contributed by atoms with van der Waals surface area (Å²) in [5.41, 5.74) is 5.53. The van der Waals surface area contributed by atoms with E-state index in [9.17, 15) is 0 Å². The van der Waals surface area contributed by atoms with E-state index in [4.69, 9.17) is 18.9 Å². The van der Waals surface area contributed by atoms with Crippen LogP contribution in [-0.2, 0) is 44.6 Å². The third-order valence-corrected chi connectivity index (χ3v) is 5.51. The molecule has 29 heavy (non-hydrogen) atoms. The summed E-state index contributed by atoms with van der Waals surface area (Å²) in [6, 6.07) is 17.7. The van der Waals surface area contributed by atoms with Crippen LogP contribution >= 0.6 is 0 Å². The van der Waals surface area contributed by atoms with Crippen molar-refractivity contribution in [1.82, 2.24) is 0 Å². The lowest BCUT2D eigenvalue weighted by Gasteiger charge is -2.00. The van der Waals surface area contributed by atoms with E-state index in [2.05, 4.69) is 48.5 Å². The number of epoxide rings is 4. The quantitative estimate of drug-likeness (QED) is 0.639. The Labute approximate surface area is 172 Å². The summed E-state index contributed by atoms with van der Waals surface area (Å²) in [5.74, 6) is 0. The Bertz CT molecular complexity index is 623. The van der Waals surface area contributed by atoms with Crippen molar-refractivity contribution in [3.05, 3.63) is 70.8 Å². The molecule has 0 aliphatic carbocycles. The van der Waals surface area contributed by atoms with Gasteiger partial charge < -0.3 is 24.4 Å². The Morgan fingerprint density at radius 1 is 0.448 bits per heavy atom. The van der Waals surface area contributed by atoms with Crippen LogP contribution in [0.2, 0.25) is 0 Å². The fourth-order valence-corrected chi connectivity index (χ4v) is 3.42. The van der Waals surface area contributed by atoms with Gasteiger partial charge in [0.1, 0.15) is 0 Å². The largest absolute Gasteiger partial charge is 0.412 e. The highest BCUT2D eigenvalue weighted by atomic mass is 16.6. The first-order valence-corrected chi connectivity index (χ1v) is 10.4. The maximum Gasteiger partial charge on any atom is 0.0850 e. The van der Waals surface area contributed by atoms with E-state index < -0.39 is 0 Å². The van der Waals surface area contributed by atoms with Crippen LogP contribution in [0.1, 0.15) is 22.3 Å². The van der Waals surface area contributed by atoms with E-state index >= 15 is 0 Å². The minimum atomic E-state index is 0. The molecule has 4 heterocycles. The van der Waals surface area contributed by atoms with Gasteiger partial charge in [0.25, 0.3) is 0 Å². The predicted molar refractivity (Wildman–Crippen MR) is 110 cm³/mol. The first kappa shape index (κ1) is 20.5. The third-order valence-electron chi connectivity index (χ3n) is 5.51. The molecular weight excluding hydrogens is 368 g/mol. The molecule has 4 fully saturated rings. The standard InChI is InChI=1S/2C12H14O2.H2O/c2*1-2-10(6-12-8-14-12)4-3-9(1)5-11-7-13-11;/h2*1-4,11-12H,5-8H2;1H2. The van der Waals surface area contributed by atoms with Crippen molar-refractivity contribution in [2.45, 2.75) is 50.1 Å². The summed E-state index contributed by atoms with van der Waals surface area (Å²) >= 11 is 0. The van der Waals surface area contributed by atoms with E-state index in [-0.39, 0.29) is 5.48 Å². The maximum atomic E-state index is 5.20. The molecule has 156 valence electrons. The number of rotatable bonds is 8. The molecule has 0 bridgehead atoms. The average Bonchev–Trinajstić information content (AvgIpc) is 3.54. The molecule has 4 unspecified atom stereocenters. The van der Waals surface area contributed by atoms with Crippen molar-refractivity contribution in [1.29, 1.82) is 0 Å². The van der Waals surface area contributed by atoms with Crippen molar-refractivity contribution in [3.63, 3.8) is 0 Å². The Kier molecular flexibility index (Phi) is 6.63. The molecule has 5 heteroatoms. The fraction of sp³-hybridized carbons (Fsp3) is 0.500. The topological polar surface area (TPSA) is 81.6 Å². The van der Waals surface area contributed by atoms with E-state index in [0.29, 0.717) is 24.4 Å². The van der Waals surface area contributed by atoms with Crippen molar-refractivity contribution in [2.24, 2.45) is 0 Å². The molecule has 6 rings (SSSR count). The minimum Gasteiger partial charge on any atom is -0.412 e. The van der Waals surface area contributed by atoms with Gasteiger partial charge in [0, 0.05) is 25.7 Å². The average molecular weight is 398 g/mol. The molecule has 0 radical (unpaired) electrons. The van der Waals surface area contributed by atoms with Crippen molar-refractivity contribution < 1.29 is 24.4 Å². The summed E-state index contributed by atoms with van der Waals surface area (Å²) < 4.78 is 20.8. The SMILES string of the molecule is O.c1cc(CC2CO2)ccc1CC1CO1.c1cc(CC2CO2)ccc1CC1CO1. The van der Waals surface area contributed by atoms with Crippen LogP contribution in [0.3, 0.4) is 0 Å². The number of benzene rings is 2. The monoisotopic (exact) mass is 398 g/mol. The van der Waals surface area contributed by atoms with Crippen LogP contribution in [0.5, 0.6) is 0 Å². The molecule has 4 aliphatic rings. The zero-order valence-corrected chi connectivity index (χ0v) is 16.7. The van der Waals surface area contributed by atoms with E-state index in [1.54, 1.807) is 0 Å². The second-order valence-corrected chi connectivity index (χ2v) is 8.27. The molecule has 4 aliphatic heterocycles. The molecule has 2 aromatic rings. The predicted octanol–water partition coefficient (Wildman–Crippen LogP) is 2.31. The van der Waals surface area contributed by atoms with Crippen molar-refractivity contribution in [3.8, 4) is 0 Å². The zero-order chi connectivity index (χ0) is 18.8. The molecule has 0 amide bonds. The second-order valence-electron chi connectivity index (χ2n) is 8.27. The molecule has 2 aromatic carbocycles. The van der Waals surface area contributed by atoms with Gasteiger partial charge in [-0.05, 0) is 22.3 Å². The highest BCUT2D eigenvalue weighted by Crippen LogP contribution is 2.20. The van der Waals surface area contributed by atoms with Gasteiger partial charge in [0.15, 0.2) is 0 Å². The fourth-order valence-electron chi connectivity index (χ4n) is 3.42. The Morgan fingerprint density at radius 2 is 0.621 bits per heavy atom. The normalized spacial score (nSPS) is 27.9. The van der Waals surface area contributed by atoms with Gasteiger partial charge in [0.05, 0.1) is 50.8 Å². The highest BCUT2D eigenvalue weighted by molar-refractivity contribution is 5.25. The van der Waals surface area contributed by atoms with Crippen LogP contribution in [0.25, 0.3) is 0 Å². The Balaban J connectivity index is 0.000000137. The van der Waals surface area contributed by atoms with Crippen molar-refractivity contribution in [2.75, 3.05) is 26.4 Å². The molecule has 0 saturated carbocycles. The van der Waals surface area contributed by atoms with Crippen LogP contribution in [0.4, 0.5) is 0 Å². The highest BCUT2D eigenvalue weighted by Gasteiger charge is 2.25. The molecule has 2 N–H and O–H groups in total. The smallest absolute Gasteiger partial charge is 0.0850 e. The number of hydrogen-bond donors (Lipinski definition) is 0. The summed E-state index contributed by atoms with van der Waals surface area (Å²) in [4.78, 5) is 0. The zero-order valence-electron chi connectivity index (χ0n) is 16.7. The lowest BCUT2D eigenvalue weighted by atomic mass is 10.0. The molecule has 4 atom stereocenters. The molecule has 4 saturated heterocycles. The molecule has 5 nitrogen and oxygen atoms in total. The van der Waals surface area contributed by atoms with Gasteiger partial charge >= 0.3 is 0 Å². The summed E-state index contributed by atoms with van der Waals surface area (Å²) in [7, 11) is 0. The summed E-state index contributed by atoms with van der Waals surface area (Å²) in [6.07, 6.45) is 6.25. The Hall–Kier alpha value is -1.76. The lowest BCUT2D eigenvalue weighted by molar-refractivity contribution is 0.406. The maximum absolute atomic E-state index is 5.20. The van der Waals surface area contributed by atoms with Crippen LogP contribution in [-0.4, -0.2) is 56.3 Å². The van der Waals surface area contributed by atoms with Crippen LogP contribution < -0.4 is 0 Å². The first-order valence-electron chi connectivity index (χ1n) is 10.4. The van der Waals surface area contributed by atoms with Gasteiger partial charge in [-0.2, -0.15) is 0 Å². The summed E-state index contributed by atoms with van der Waals surface area (Å²) in [6.45, 7) is 3.77. The van der Waals surface area contributed by atoms with E-state index in [0.717, 1.165) is 52.1 Å². The Morgan fingerprint density at radius 3 is 0.759 bits per heavy atom. The van der Waals surface area contributed by atoms with Gasteiger partial charge in [-0.15, -0.1) is 0 Å². The van der Waals surface area contributed by atoms with Gasteiger partial charge in [-0.1, -0.05) is 48.5 Å². The first-order chi connectivity index (χ1) is 13.8. The second kappa shape index (κ2) is 9.37. The van der Waals surface area contributed by atoms with Crippen LogP contribution in [0.15, 0.2) is 48.5 Å². The van der Waals surface area contributed by atoms with Gasteiger partial charge in [-0.25, -0.2) is 0 Å². The summed E-state index contributed by atoms with van der Waals surface area (Å²) in [5, 5.41) is 0. The number of ether oxygens (including phenoxy) is 4. The van der Waals surface area contributed by atoms with E-state index in [1.165, 1.54) is 22.3 Å². The minimum absolute atomic E-state index is 0. The van der Waals surface area contributed by atoms with Gasteiger partial charge in [-0.3, -0.25) is 0 Å². The van der Waals surface area contributed by atoms with Crippen LogP contribution in [0, 0.1) is 0 Å². The molecule has 0 spiro atoms. The third kappa shape index (κ3) is 7.21. The lowest BCUT2D eigenvalue weighted by Crippen LogP contribution is -1.95. The van der Waals surface area contributed by atoms with Gasteiger partial charge in [0.2, 0.25) is 0 Å². The molecule has 0 aromatic heterocycles. The molecular formula is C24H30O5. The number of hydrogen-bond acceptors (Lipinski definition) is 4.